The first-order valence-corrected chi connectivity index (χ1v) is 4.00. The maximum Gasteiger partial charge on any atom is 1.00 e. The van der Waals surface area contributed by atoms with Gasteiger partial charge in [-0.3, -0.25) is 4.98 Å². The number of rotatable bonds is 4. The van der Waals surface area contributed by atoms with Crippen molar-refractivity contribution in [2.45, 2.75) is 13.3 Å². The van der Waals surface area contributed by atoms with Crippen molar-refractivity contribution in [2.24, 2.45) is 0 Å². The summed E-state index contributed by atoms with van der Waals surface area (Å²) in [4.78, 5) is 14.1. The Morgan fingerprint density at radius 1 is 1.57 bits per heavy atom. The summed E-state index contributed by atoms with van der Waals surface area (Å²) in [5.74, 6) is -0.485. The minimum atomic E-state index is -1.13. The summed E-state index contributed by atoms with van der Waals surface area (Å²) in [6.07, 6.45) is 1.34. The van der Waals surface area contributed by atoms with Crippen LogP contribution < -0.4 is 28.7 Å². The average Bonchev–Trinajstić information content (AvgIpc) is 2.08. The topological polar surface area (TPSA) is 62.2 Å². The molecule has 4 nitrogen and oxygen atoms in total. The summed E-state index contributed by atoms with van der Waals surface area (Å²) in [6.45, 7) is 2.44. The molecule has 0 aliphatic rings. The molecule has 70 valence electrons. The molecule has 1 aromatic rings. The van der Waals surface area contributed by atoms with Gasteiger partial charge in [0, 0.05) is 18.1 Å². The fourth-order valence-electron chi connectivity index (χ4n) is 0.915. The van der Waals surface area contributed by atoms with E-state index in [2.05, 4.69) is 4.98 Å². The van der Waals surface area contributed by atoms with Crippen LogP contribution in [-0.4, -0.2) is 17.6 Å². The van der Waals surface area contributed by atoms with E-state index in [1.807, 2.05) is 6.92 Å². The number of carboxylic acids is 1. The summed E-state index contributed by atoms with van der Waals surface area (Å²) < 4.78 is 5.14. The van der Waals surface area contributed by atoms with E-state index < -0.39 is 5.97 Å². The molecule has 0 radical (unpaired) electrons. The molecular formula is C9H10LiNO3. The van der Waals surface area contributed by atoms with Crippen molar-refractivity contribution in [3.8, 4) is 5.75 Å². The summed E-state index contributed by atoms with van der Waals surface area (Å²) in [6, 6.07) is 3.30. The van der Waals surface area contributed by atoms with Crippen LogP contribution in [0.1, 0.15) is 12.6 Å². The third-order valence-corrected chi connectivity index (χ3v) is 1.43. The minimum Gasteiger partial charge on any atom is -0.550 e. The van der Waals surface area contributed by atoms with E-state index in [9.17, 15) is 9.90 Å². The van der Waals surface area contributed by atoms with E-state index in [0.29, 0.717) is 18.1 Å². The van der Waals surface area contributed by atoms with Gasteiger partial charge in [-0.1, -0.05) is 0 Å². The van der Waals surface area contributed by atoms with Crippen molar-refractivity contribution < 1.29 is 33.5 Å². The largest absolute Gasteiger partial charge is 1.00 e. The quantitative estimate of drug-likeness (QED) is 0.465. The molecule has 1 heterocycles. The van der Waals surface area contributed by atoms with Crippen molar-refractivity contribution in [1.29, 1.82) is 0 Å². The van der Waals surface area contributed by atoms with Gasteiger partial charge in [-0.2, -0.15) is 0 Å². The number of carboxylic acid groups (broad SMARTS) is 1. The average molecular weight is 187 g/mol. The number of hydrogen-bond acceptors (Lipinski definition) is 4. The second-order valence-corrected chi connectivity index (χ2v) is 2.47. The van der Waals surface area contributed by atoms with Crippen molar-refractivity contribution in [1.82, 2.24) is 4.98 Å². The van der Waals surface area contributed by atoms with Crippen molar-refractivity contribution in [3.05, 3.63) is 24.0 Å². The van der Waals surface area contributed by atoms with Crippen LogP contribution in [0.25, 0.3) is 0 Å². The first-order valence-electron chi connectivity index (χ1n) is 4.00. The molecule has 0 aromatic carbocycles. The Labute approximate surface area is 94.5 Å². The predicted octanol–water partition coefficient (Wildman–Crippen LogP) is -3.22. The Balaban J connectivity index is 0.00000169. The Morgan fingerprint density at radius 3 is 2.71 bits per heavy atom. The van der Waals surface area contributed by atoms with Crippen LogP contribution in [0.5, 0.6) is 5.75 Å². The third kappa shape index (κ3) is 4.31. The number of carbonyl (C=O) groups is 1. The SMILES string of the molecule is CCOc1ccc(CC(=O)[O-])nc1.[Li+]. The van der Waals surface area contributed by atoms with E-state index in [1.54, 1.807) is 12.1 Å². The minimum absolute atomic E-state index is 0. The van der Waals surface area contributed by atoms with Crippen LogP contribution in [-0.2, 0) is 11.2 Å². The number of nitrogens with zero attached hydrogens (tertiary/aromatic N) is 1. The molecule has 0 fully saturated rings. The second kappa shape index (κ2) is 6.47. The number of ether oxygens (including phenoxy) is 1. The van der Waals surface area contributed by atoms with Gasteiger partial charge in [0.05, 0.1) is 12.8 Å². The Morgan fingerprint density at radius 2 is 2.29 bits per heavy atom. The molecule has 0 aliphatic heterocycles. The molecule has 0 N–H and O–H groups in total. The Hall–Kier alpha value is -0.983. The molecule has 0 amide bonds. The van der Waals surface area contributed by atoms with E-state index in [4.69, 9.17) is 4.74 Å². The number of pyridine rings is 1. The maximum atomic E-state index is 10.2. The smallest absolute Gasteiger partial charge is 0.550 e. The van der Waals surface area contributed by atoms with Crippen LogP contribution in [0.4, 0.5) is 0 Å². The number of hydrogen-bond donors (Lipinski definition) is 0. The Kier molecular flexibility index (Phi) is 6.01. The molecular weight excluding hydrogens is 177 g/mol. The molecule has 0 atom stereocenters. The van der Waals surface area contributed by atoms with Gasteiger partial charge in [0.15, 0.2) is 0 Å². The van der Waals surface area contributed by atoms with Crippen LogP contribution >= 0.6 is 0 Å². The monoisotopic (exact) mass is 187 g/mol. The van der Waals surface area contributed by atoms with Crippen LogP contribution in [0.2, 0.25) is 0 Å². The fourth-order valence-corrected chi connectivity index (χ4v) is 0.915. The van der Waals surface area contributed by atoms with Crippen molar-refractivity contribution >= 4 is 5.97 Å². The van der Waals surface area contributed by atoms with Gasteiger partial charge in [0.25, 0.3) is 0 Å². The van der Waals surface area contributed by atoms with E-state index in [1.165, 1.54) is 6.20 Å². The molecule has 0 spiro atoms. The van der Waals surface area contributed by atoms with Gasteiger partial charge in [-0.25, -0.2) is 0 Å². The summed E-state index contributed by atoms with van der Waals surface area (Å²) >= 11 is 0. The van der Waals surface area contributed by atoms with Crippen molar-refractivity contribution in [2.75, 3.05) is 6.61 Å². The molecule has 1 rings (SSSR count). The molecule has 0 unspecified atom stereocenters. The fraction of sp³-hybridized carbons (Fsp3) is 0.333. The zero-order valence-electron chi connectivity index (χ0n) is 8.32. The first kappa shape index (κ1) is 13.0. The maximum absolute atomic E-state index is 10.2. The molecule has 14 heavy (non-hydrogen) atoms. The molecule has 1 aromatic heterocycles. The third-order valence-electron chi connectivity index (χ3n) is 1.43. The van der Waals surface area contributed by atoms with Crippen LogP contribution in [0.3, 0.4) is 0 Å². The molecule has 0 bridgehead atoms. The van der Waals surface area contributed by atoms with E-state index >= 15 is 0 Å². The van der Waals surface area contributed by atoms with Crippen molar-refractivity contribution in [3.63, 3.8) is 0 Å². The van der Waals surface area contributed by atoms with Crippen LogP contribution in [0, 0.1) is 0 Å². The summed E-state index contributed by atoms with van der Waals surface area (Å²) in [7, 11) is 0. The number of carbonyl (C=O) groups excluding carboxylic acids is 1. The van der Waals surface area contributed by atoms with Gasteiger partial charge in [0.2, 0.25) is 0 Å². The zero-order valence-corrected chi connectivity index (χ0v) is 8.32. The van der Waals surface area contributed by atoms with Crippen LogP contribution in [0.15, 0.2) is 18.3 Å². The number of aromatic nitrogens is 1. The molecule has 0 saturated carbocycles. The number of aliphatic carboxylic acids is 1. The standard InChI is InChI=1S/C9H11NO3.Li/c1-2-13-8-4-3-7(10-6-8)5-9(11)12;/h3-4,6H,2,5H2,1H3,(H,11,12);/q;+1/p-1. The summed E-state index contributed by atoms with van der Waals surface area (Å²) in [5.41, 5.74) is 0.475. The van der Waals surface area contributed by atoms with E-state index in [-0.39, 0.29) is 25.3 Å². The molecule has 5 heteroatoms. The molecule has 0 aliphatic carbocycles. The van der Waals surface area contributed by atoms with Gasteiger partial charge >= 0.3 is 18.9 Å². The van der Waals surface area contributed by atoms with Gasteiger partial charge in [0.1, 0.15) is 5.75 Å². The van der Waals surface area contributed by atoms with Gasteiger partial charge in [-0.15, -0.1) is 0 Å². The van der Waals surface area contributed by atoms with Gasteiger partial charge < -0.3 is 14.6 Å². The normalized spacial score (nSPS) is 8.93. The summed E-state index contributed by atoms with van der Waals surface area (Å²) in [5, 5.41) is 10.2. The van der Waals surface area contributed by atoms with E-state index in [0.717, 1.165) is 0 Å². The zero-order chi connectivity index (χ0) is 9.68. The predicted molar refractivity (Wildman–Crippen MR) is 44.1 cm³/mol. The van der Waals surface area contributed by atoms with Gasteiger partial charge in [-0.05, 0) is 19.1 Å². The second-order valence-electron chi connectivity index (χ2n) is 2.47. The Bertz CT molecular complexity index is 287. The first-order chi connectivity index (χ1) is 6.22. The molecule has 0 saturated heterocycles.